The summed E-state index contributed by atoms with van der Waals surface area (Å²) in [5.41, 5.74) is 2.53. The molecule has 1 fully saturated rings. The van der Waals surface area contributed by atoms with Gasteiger partial charge in [-0.2, -0.15) is 0 Å². The van der Waals surface area contributed by atoms with Gasteiger partial charge in [0.05, 0.1) is 18.8 Å². The van der Waals surface area contributed by atoms with E-state index in [1.165, 1.54) is 0 Å². The standard InChI is InChI=1S/C21H23N3O4/c25-18-11-16(20(26)23-12-13-3-6-22-7-4-13)10-17(18)24-21(27)15-1-2-19-14(9-15)5-8-28-19/h1-4,6-7,9,16-18,25H,5,8,10-12H2,(H,23,26)(H,24,27)/t16-,17-,18-/m0/s1. The first-order valence-corrected chi connectivity index (χ1v) is 9.51. The third-order valence-electron chi connectivity index (χ3n) is 5.38. The molecule has 2 amide bonds. The van der Waals surface area contributed by atoms with Gasteiger partial charge in [-0.05, 0) is 54.3 Å². The molecule has 7 heteroatoms. The second-order valence-electron chi connectivity index (χ2n) is 7.31. The lowest BCUT2D eigenvalue weighted by Gasteiger charge is -2.16. The molecule has 7 nitrogen and oxygen atoms in total. The fourth-order valence-electron chi connectivity index (χ4n) is 3.80. The highest BCUT2D eigenvalue weighted by atomic mass is 16.5. The Morgan fingerprint density at radius 3 is 2.82 bits per heavy atom. The Bertz CT molecular complexity index is 871. The number of nitrogens with zero attached hydrogens (tertiary/aromatic N) is 1. The van der Waals surface area contributed by atoms with E-state index in [2.05, 4.69) is 15.6 Å². The molecular weight excluding hydrogens is 358 g/mol. The van der Waals surface area contributed by atoms with Gasteiger partial charge in [0.2, 0.25) is 5.91 Å². The summed E-state index contributed by atoms with van der Waals surface area (Å²) in [6, 6.07) is 8.60. The van der Waals surface area contributed by atoms with Gasteiger partial charge >= 0.3 is 0 Å². The van der Waals surface area contributed by atoms with E-state index < -0.39 is 12.1 Å². The molecule has 3 atom stereocenters. The lowest BCUT2D eigenvalue weighted by atomic mass is 10.1. The van der Waals surface area contributed by atoms with Crippen LogP contribution in [0, 0.1) is 5.92 Å². The molecule has 1 aliphatic carbocycles. The second-order valence-corrected chi connectivity index (χ2v) is 7.31. The third kappa shape index (κ3) is 3.99. The summed E-state index contributed by atoms with van der Waals surface area (Å²) in [4.78, 5) is 28.9. The zero-order valence-corrected chi connectivity index (χ0v) is 15.4. The first-order valence-electron chi connectivity index (χ1n) is 9.51. The molecule has 0 spiro atoms. The van der Waals surface area contributed by atoms with E-state index in [0.29, 0.717) is 31.6 Å². The number of fused-ring (bicyclic) bond motifs is 1. The Labute approximate surface area is 163 Å². The number of ether oxygens (including phenoxy) is 1. The summed E-state index contributed by atoms with van der Waals surface area (Å²) in [5.74, 6) is 0.151. The summed E-state index contributed by atoms with van der Waals surface area (Å²) in [5, 5.41) is 16.1. The summed E-state index contributed by atoms with van der Waals surface area (Å²) in [7, 11) is 0. The number of nitrogens with one attached hydrogen (secondary N) is 2. The van der Waals surface area contributed by atoms with Crippen molar-refractivity contribution in [3.05, 3.63) is 59.4 Å². The highest BCUT2D eigenvalue weighted by molar-refractivity contribution is 5.95. The van der Waals surface area contributed by atoms with Gasteiger partial charge in [-0.25, -0.2) is 0 Å². The number of pyridine rings is 1. The lowest BCUT2D eigenvalue weighted by molar-refractivity contribution is -0.125. The van der Waals surface area contributed by atoms with E-state index >= 15 is 0 Å². The van der Waals surface area contributed by atoms with E-state index in [0.717, 1.165) is 23.3 Å². The Kier molecular flexibility index (Phi) is 5.25. The Morgan fingerprint density at radius 1 is 1.18 bits per heavy atom. The molecule has 28 heavy (non-hydrogen) atoms. The van der Waals surface area contributed by atoms with Gasteiger partial charge < -0.3 is 20.5 Å². The van der Waals surface area contributed by atoms with Crippen molar-refractivity contribution in [2.75, 3.05) is 6.61 Å². The predicted molar refractivity (Wildman–Crippen MR) is 102 cm³/mol. The molecule has 2 aromatic rings. The molecule has 2 heterocycles. The molecule has 146 valence electrons. The van der Waals surface area contributed by atoms with Crippen LogP contribution in [0.15, 0.2) is 42.7 Å². The minimum absolute atomic E-state index is 0.109. The molecule has 0 unspecified atom stereocenters. The fraction of sp³-hybridized carbons (Fsp3) is 0.381. The molecule has 1 aliphatic heterocycles. The quantitative estimate of drug-likeness (QED) is 0.723. The highest BCUT2D eigenvalue weighted by Gasteiger charge is 2.37. The molecule has 1 saturated carbocycles. The normalized spacial score (nSPS) is 23.0. The number of aromatic nitrogens is 1. The average Bonchev–Trinajstić information content (AvgIpc) is 3.33. The smallest absolute Gasteiger partial charge is 0.251 e. The zero-order valence-electron chi connectivity index (χ0n) is 15.4. The summed E-state index contributed by atoms with van der Waals surface area (Å²) in [6.07, 6.45) is 4.17. The topological polar surface area (TPSA) is 101 Å². The SMILES string of the molecule is O=C(N[C@H]1C[C@H](C(=O)NCc2ccncc2)C[C@@H]1O)c1ccc2c(c1)CCO2. The van der Waals surface area contributed by atoms with Gasteiger partial charge in [-0.3, -0.25) is 14.6 Å². The van der Waals surface area contributed by atoms with E-state index in [1.807, 2.05) is 18.2 Å². The number of aliphatic hydroxyl groups excluding tert-OH is 1. The number of hydrogen-bond donors (Lipinski definition) is 3. The predicted octanol–water partition coefficient (Wildman–Crippen LogP) is 1.20. The molecule has 3 N–H and O–H groups in total. The van der Waals surface area contributed by atoms with Crippen molar-refractivity contribution in [1.29, 1.82) is 0 Å². The Morgan fingerprint density at radius 2 is 2.00 bits per heavy atom. The monoisotopic (exact) mass is 381 g/mol. The van der Waals surface area contributed by atoms with Crippen molar-refractivity contribution in [1.82, 2.24) is 15.6 Å². The van der Waals surface area contributed by atoms with Crippen LogP contribution < -0.4 is 15.4 Å². The van der Waals surface area contributed by atoms with Crippen molar-refractivity contribution in [3.8, 4) is 5.75 Å². The van der Waals surface area contributed by atoms with E-state index in [-0.39, 0.29) is 17.7 Å². The van der Waals surface area contributed by atoms with Gasteiger partial charge in [-0.1, -0.05) is 0 Å². The molecule has 2 aliphatic rings. The Hall–Kier alpha value is -2.93. The van der Waals surface area contributed by atoms with Crippen LogP contribution in [0.1, 0.15) is 34.3 Å². The van der Waals surface area contributed by atoms with Gasteiger partial charge in [0, 0.05) is 36.8 Å². The van der Waals surface area contributed by atoms with Gasteiger partial charge in [0.1, 0.15) is 5.75 Å². The second kappa shape index (κ2) is 7.98. The van der Waals surface area contributed by atoms with Crippen LogP contribution in [0.4, 0.5) is 0 Å². The fourth-order valence-corrected chi connectivity index (χ4v) is 3.80. The summed E-state index contributed by atoms with van der Waals surface area (Å²) < 4.78 is 5.46. The highest BCUT2D eigenvalue weighted by Crippen LogP contribution is 2.28. The van der Waals surface area contributed by atoms with Crippen molar-refractivity contribution in [2.24, 2.45) is 5.92 Å². The molecular formula is C21H23N3O4. The number of carbonyl (C=O) groups excluding carboxylic acids is 2. The molecule has 1 aromatic carbocycles. The lowest BCUT2D eigenvalue weighted by Crippen LogP contribution is -2.40. The first kappa shape index (κ1) is 18.4. The maximum Gasteiger partial charge on any atom is 0.251 e. The largest absolute Gasteiger partial charge is 0.493 e. The van der Waals surface area contributed by atoms with Crippen LogP contribution in [-0.2, 0) is 17.8 Å². The summed E-state index contributed by atoms with van der Waals surface area (Å²) >= 11 is 0. The number of rotatable bonds is 5. The van der Waals surface area contributed by atoms with Crippen LogP contribution in [-0.4, -0.2) is 40.7 Å². The van der Waals surface area contributed by atoms with Gasteiger partial charge in [0.25, 0.3) is 5.91 Å². The average molecular weight is 381 g/mol. The van der Waals surface area contributed by atoms with Crippen molar-refractivity contribution in [2.45, 2.75) is 38.0 Å². The van der Waals surface area contributed by atoms with E-state index in [9.17, 15) is 14.7 Å². The van der Waals surface area contributed by atoms with Crippen LogP contribution in [0.25, 0.3) is 0 Å². The minimum atomic E-state index is -0.738. The zero-order chi connectivity index (χ0) is 19.5. The van der Waals surface area contributed by atoms with Crippen LogP contribution in [0.5, 0.6) is 5.75 Å². The molecule has 0 bridgehead atoms. The maximum atomic E-state index is 12.6. The van der Waals surface area contributed by atoms with Crippen molar-refractivity contribution >= 4 is 11.8 Å². The number of benzene rings is 1. The van der Waals surface area contributed by atoms with Crippen LogP contribution in [0.3, 0.4) is 0 Å². The van der Waals surface area contributed by atoms with Crippen LogP contribution >= 0.6 is 0 Å². The third-order valence-corrected chi connectivity index (χ3v) is 5.38. The van der Waals surface area contributed by atoms with E-state index in [1.54, 1.807) is 24.5 Å². The van der Waals surface area contributed by atoms with Gasteiger partial charge in [-0.15, -0.1) is 0 Å². The Balaban J connectivity index is 1.32. The molecule has 4 rings (SSSR count). The maximum absolute atomic E-state index is 12.6. The number of amides is 2. The van der Waals surface area contributed by atoms with E-state index in [4.69, 9.17) is 4.74 Å². The number of carbonyl (C=O) groups is 2. The number of aliphatic hydroxyl groups is 1. The van der Waals surface area contributed by atoms with Gasteiger partial charge in [0.15, 0.2) is 0 Å². The first-order chi connectivity index (χ1) is 13.6. The molecule has 1 aromatic heterocycles. The summed E-state index contributed by atoms with van der Waals surface area (Å²) in [6.45, 7) is 1.06. The molecule has 0 saturated heterocycles. The molecule has 0 radical (unpaired) electrons. The van der Waals surface area contributed by atoms with Crippen LogP contribution in [0.2, 0.25) is 0 Å². The van der Waals surface area contributed by atoms with Crippen molar-refractivity contribution in [3.63, 3.8) is 0 Å². The number of hydrogen-bond acceptors (Lipinski definition) is 5. The van der Waals surface area contributed by atoms with Crippen molar-refractivity contribution < 1.29 is 19.4 Å². The minimum Gasteiger partial charge on any atom is -0.493 e.